The van der Waals surface area contributed by atoms with E-state index < -0.39 is 0 Å². The molecule has 0 spiro atoms. The van der Waals surface area contributed by atoms with Crippen LogP contribution in [0.5, 0.6) is 0 Å². The summed E-state index contributed by atoms with van der Waals surface area (Å²) in [6, 6.07) is 6.89. The summed E-state index contributed by atoms with van der Waals surface area (Å²) in [7, 11) is 0. The summed E-state index contributed by atoms with van der Waals surface area (Å²) in [6.45, 7) is 5.90. The van der Waals surface area contributed by atoms with Crippen molar-refractivity contribution < 1.29 is 19.1 Å². The molecule has 1 aromatic carbocycles. The van der Waals surface area contributed by atoms with Crippen LogP contribution in [0.15, 0.2) is 24.3 Å². The molecule has 2 heterocycles. The summed E-state index contributed by atoms with van der Waals surface area (Å²) < 4.78 is 10.8. The third-order valence-corrected chi connectivity index (χ3v) is 5.17. The van der Waals surface area contributed by atoms with Crippen molar-refractivity contribution in [1.82, 2.24) is 10.2 Å². The number of nitrogens with one attached hydrogen (secondary N) is 3. The molecule has 0 bridgehead atoms. The average Bonchev–Trinajstić information content (AvgIpc) is 3.26. The number of nitrogens with zero attached hydrogens (tertiary/aromatic N) is 1. The van der Waals surface area contributed by atoms with Crippen molar-refractivity contribution in [2.24, 2.45) is 0 Å². The number of hydrogen-bond acceptors (Lipinski definition) is 5. The number of unbranched alkanes of at least 4 members (excludes halogenated alkanes) is 1. The second-order valence-electron chi connectivity index (χ2n) is 7.51. The topological polar surface area (TPSA) is 91.9 Å². The van der Waals surface area contributed by atoms with Gasteiger partial charge in [0, 0.05) is 44.0 Å². The predicted octanol–water partition coefficient (Wildman–Crippen LogP) is 2.43. The zero-order chi connectivity index (χ0) is 20.3. The molecule has 0 aromatic heterocycles. The van der Waals surface area contributed by atoms with Crippen molar-refractivity contribution >= 4 is 23.3 Å². The van der Waals surface area contributed by atoms with Crippen LogP contribution in [-0.4, -0.2) is 68.9 Å². The van der Waals surface area contributed by atoms with Crippen molar-refractivity contribution in [1.29, 1.82) is 0 Å². The number of morpholine rings is 1. The molecule has 0 radical (unpaired) electrons. The van der Waals surface area contributed by atoms with Gasteiger partial charge in [-0.05, 0) is 56.5 Å². The molecule has 2 saturated heterocycles. The van der Waals surface area contributed by atoms with Crippen molar-refractivity contribution in [3.05, 3.63) is 24.3 Å². The van der Waals surface area contributed by atoms with Crippen molar-refractivity contribution in [2.45, 2.75) is 38.2 Å². The van der Waals surface area contributed by atoms with Gasteiger partial charge in [0.15, 0.2) is 0 Å². The van der Waals surface area contributed by atoms with Crippen LogP contribution in [0.3, 0.4) is 0 Å². The molecular weight excluding hydrogens is 372 g/mol. The minimum atomic E-state index is -0.252. The molecule has 1 aromatic rings. The van der Waals surface area contributed by atoms with E-state index in [4.69, 9.17) is 9.47 Å². The summed E-state index contributed by atoms with van der Waals surface area (Å²) in [4.78, 5) is 26.4. The molecule has 29 heavy (non-hydrogen) atoms. The van der Waals surface area contributed by atoms with Gasteiger partial charge in [-0.1, -0.05) is 0 Å². The van der Waals surface area contributed by atoms with Crippen LogP contribution in [0.25, 0.3) is 0 Å². The van der Waals surface area contributed by atoms with E-state index in [0.717, 1.165) is 70.8 Å². The first-order chi connectivity index (χ1) is 14.2. The molecule has 2 aliphatic heterocycles. The molecule has 2 fully saturated rings. The Labute approximate surface area is 172 Å². The summed E-state index contributed by atoms with van der Waals surface area (Å²) in [5.41, 5.74) is 1.41. The van der Waals surface area contributed by atoms with E-state index in [1.807, 2.05) is 0 Å². The fourth-order valence-corrected chi connectivity index (χ4v) is 3.49. The Hall–Kier alpha value is -2.16. The van der Waals surface area contributed by atoms with E-state index in [2.05, 4.69) is 20.9 Å². The highest BCUT2D eigenvalue weighted by atomic mass is 16.5. The van der Waals surface area contributed by atoms with Crippen LogP contribution >= 0.6 is 0 Å². The van der Waals surface area contributed by atoms with E-state index in [9.17, 15) is 9.59 Å². The first-order valence-corrected chi connectivity index (χ1v) is 10.6. The largest absolute Gasteiger partial charge is 0.379 e. The molecular formula is C21H32N4O4. The number of ether oxygens (including phenoxy) is 2. The van der Waals surface area contributed by atoms with Crippen LogP contribution in [0.2, 0.25) is 0 Å². The first kappa shape index (κ1) is 21.5. The molecule has 3 amide bonds. The summed E-state index contributed by atoms with van der Waals surface area (Å²) >= 11 is 0. The number of benzene rings is 1. The molecule has 2 aliphatic rings. The first-order valence-electron chi connectivity index (χ1n) is 10.6. The number of carbonyl (C=O) groups is 2. The predicted molar refractivity (Wildman–Crippen MR) is 112 cm³/mol. The Balaban J connectivity index is 1.29. The van der Waals surface area contributed by atoms with Gasteiger partial charge in [-0.2, -0.15) is 0 Å². The van der Waals surface area contributed by atoms with Crippen LogP contribution < -0.4 is 16.0 Å². The minimum absolute atomic E-state index is 0.0157. The summed E-state index contributed by atoms with van der Waals surface area (Å²) in [6.07, 6.45) is 4.55. The van der Waals surface area contributed by atoms with Crippen LogP contribution in [0.4, 0.5) is 16.2 Å². The molecule has 0 saturated carbocycles. The zero-order valence-electron chi connectivity index (χ0n) is 17.0. The van der Waals surface area contributed by atoms with E-state index in [0.29, 0.717) is 18.7 Å². The molecule has 8 nitrogen and oxygen atoms in total. The molecule has 1 atom stereocenters. The van der Waals surface area contributed by atoms with Gasteiger partial charge in [-0.3, -0.25) is 9.69 Å². The van der Waals surface area contributed by atoms with Gasteiger partial charge in [-0.25, -0.2) is 4.79 Å². The van der Waals surface area contributed by atoms with Crippen molar-refractivity contribution in [3.8, 4) is 0 Å². The van der Waals surface area contributed by atoms with Gasteiger partial charge in [0.2, 0.25) is 5.91 Å². The Morgan fingerprint density at radius 2 is 1.72 bits per heavy atom. The Kier molecular flexibility index (Phi) is 8.73. The van der Waals surface area contributed by atoms with Gasteiger partial charge in [0.05, 0.1) is 19.3 Å². The second-order valence-corrected chi connectivity index (χ2v) is 7.51. The fraction of sp³-hybridized carbons (Fsp3) is 0.619. The molecule has 160 valence electrons. The van der Waals surface area contributed by atoms with Gasteiger partial charge < -0.3 is 25.4 Å². The quantitative estimate of drug-likeness (QED) is 0.550. The number of amides is 3. The maximum atomic E-state index is 12.1. The lowest BCUT2D eigenvalue weighted by atomic mass is 10.2. The van der Waals surface area contributed by atoms with Crippen LogP contribution in [-0.2, 0) is 14.3 Å². The highest BCUT2D eigenvalue weighted by Gasteiger charge is 2.16. The maximum Gasteiger partial charge on any atom is 0.319 e. The highest BCUT2D eigenvalue weighted by molar-refractivity contribution is 5.92. The number of urea groups is 1. The van der Waals surface area contributed by atoms with Crippen LogP contribution in [0.1, 0.15) is 32.1 Å². The normalized spacial score (nSPS) is 19.7. The average molecular weight is 405 g/mol. The van der Waals surface area contributed by atoms with Gasteiger partial charge in [0.25, 0.3) is 0 Å². The maximum absolute atomic E-state index is 12.1. The van der Waals surface area contributed by atoms with E-state index in [1.54, 1.807) is 24.3 Å². The van der Waals surface area contributed by atoms with E-state index in [-0.39, 0.29) is 18.0 Å². The summed E-state index contributed by atoms with van der Waals surface area (Å²) in [5, 5.41) is 8.51. The third kappa shape index (κ3) is 8.00. The molecule has 0 unspecified atom stereocenters. The Bertz CT molecular complexity index is 641. The minimum Gasteiger partial charge on any atom is -0.379 e. The Morgan fingerprint density at radius 1 is 1.00 bits per heavy atom. The molecule has 0 aliphatic carbocycles. The number of anilines is 2. The van der Waals surface area contributed by atoms with Gasteiger partial charge in [-0.15, -0.1) is 0 Å². The van der Waals surface area contributed by atoms with E-state index in [1.165, 1.54) is 0 Å². The highest BCUT2D eigenvalue weighted by Crippen LogP contribution is 2.15. The van der Waals surface area contributed by atoms with E-state index >= 15 is 0 Å². The van der Waals surface area contributed by atoms with Crippen molar-refractivity contribution in [3.63, 3.8) is 0 Å². The lowest BCUT2D eigenvalue weighted by Gasteiger charge is -2.26. The van der Waals surface area contributed by atoms with Crippen LogP contribution in [0, 0.1) is 0 Å². The second kappa shape index (κ2) is 11.7. The van der Waals surface area contributed by atoms with Gasteiger partial charge in [0.1, 0.15) is 0 Å². The standard InChI is InChI=1S/C21H32N4O4/c26-20(5-1-2-10-25-11-14-28-15-12-25)23-17-6-8-18(9-7-17)24-21(27)22-16-19-4-3-13-29-19/h6-9,19H,1-5,10-16H2,(H,23,26)(H2,22,24,27)/t19-/m0/s1. The lowest BCUT2D eigenvalue weighted by Crippen LogP contribution is -2.36. The SMILES string of the molecule is O=C(CCCCN1CCOCC1)Nc1ccc(NC(=O)NC[C@@H]2CCCO2)cc1. The lowest BCUT2D eigenvalue weighted by molar-refractivity contribution is -0.116. The zero-order valence-corrected chi connectivity index (χ0v) is 17.0. The fourth-order valence-electron chi connectivity index (χ4n) is 3.49. The molecule has 8 heteroatoms. The van der Waals surface area contributed by atoms with Gasteiger partial charge >= 0.3 is 6.03 Å². The molecule has 3 rings (SSSR count). The smallest absolute Gasteiger partial charge is 0.319 e. The number of rotatable bonds is 9. The third-order valence-electron chi connectivity index (χ3n) is 5.17. The number of carbonyl (C=O) groups excluding carboxylic acids is 2. The van der Waals surface area contributed by atoms with Crippen molar-refractivity contribution in [2.75, 3.05) is 56.6 Å². The Morgan fingerprint density at radius 3 is 2.41 bits per heavy atom. The number of hydrogen-bond donors (Lipinski definition) is 3. The molecule has 3 N–H and O–H groups in total. The monoisotopic (exact) mass is 404 g/mol. The summed E-state index contributed by atoms with van der Waals surface area (Å²) in [5.74, 6) is 0.0157.